The topological polar surface area (TPSA) is 127 Å². The van der Waals surface area contributed by atoms with E-state index in [0.29, 0.717) is 33.9 Å². The Balaban J connectivity index is 1.39. The van der Waals surface area contributed by atoms with Gasteiger partial charge in [-0.1, -0.05) is 18.2 Å². The number of benzene rings is 1. The molecule has 1 saturated heterocycles. The molecule has 4 aromatic rings. The van der Waals surface area contributed by atoms with Gasteiger partial charge in [0.05, 0.1) is 6.42 Å². The normalized spacial score (nSPS) is 20.0. The second kappa shape index (κ2) is 10.8. The Bertz CT molecular complexity index is 1710. The summed E-state index contributed by atoms with van der Waals surface area (Å²) in [6.45, 7) is 4.89. The lowest BCUT2D eigenvalue weighted by Gasteiger charge is -2.42. The summed E-state index contributed by atoms with van der Waals surface area (Å²) in [6, 6.07) is 10.4. The van der Waals surface area contributed by atoms with Crippen molar-refractivity contribution in [3.63, 3.8) is 0 Å². The van der Waals surface area contributed by atoms with Crippen molar-refractivity contribution in [1.82, 2.24) is 23.9 Å². The van der Waals surface area contributed by atoms with Crippen LogP contribution in [-0.2, 0) is 17.5 Å². The molecule has 2 aliphatic rings. The van der Waals surface area contributed by atoms with E-state index in [1.165, 1.54) is 12.3 Å². The quantitative estimate of drug-likeness (QED) is 0.244. The van der Waals surface area contributed by atoms with Crippen LogP contribution in [0.4, 0.5) is 19.0 Å². The van der Waals surface area contributed by atoms with Crippen molar-refractivity contribution in [3.05, 3.63) is 82.4 Å². The highest BCUT2D eigenvalue weighted by atomic mass is 32.3. The van der Waals surface area contributed by atoms with E-state index in [1.54, 1.807) is 35.6 Å². The summed E-state index contributed by atoms with van der Waals surface area (Å²) in [5.41, 5.74) is 3.22. The molecule has 14 heteroatoms. The molecule has 0 radical (unpaired) electrons. The number of alkyl halides is 3. The summed E-state index contributed by atoms with van der Waals surface area (Å²) >= 11 is 0. The van der Waals surface area contributed by atoms with Gasteiger partial charge in [0, 0.05) is 44.0 Å². The number of nitrogens with zero attached hydrogens (tertiary/aromatic N) is 6. The van der Waals surface area contributed by atoms with Gasteiger partial charge >= 0.3 is 12.1 Å². The van der Waals surface area contributed by atoms with Gasteiger partial charge in [0.1, 0.15) is 4.90 Å². The number of aryl methyl sites for hydroxylation is 2. The molecule has 0 bridgehead atoms. The van der Waals surface area contributed by atoms with Crippen molar-refractivity contribution >= 4 is 28.2 Å². The number of aliphatic carboxylic acids is 1. The van der Waals surface area contributed by atoms with Crippen LogP contribution in [0.3, 0.4) is 0 Å². The van der Waals surface area contributed by atoms with E-state index in [9.17, 15) is 32.2 Å². The largest absolute Gasteiger partial charge is 0.481 e. The van der Waals surface area contributed by atoms with Crippen molar-refractivity contribution in [1.29, 1.82) is 0 Å². The van der Waals surface area contributed by atoms with Crippen LogP contribution in [0.25, 0.3) is 5.65 Å². The summed E-state index contributed by atoms with van der Waals surface area (Å²) in [6.07, 6.45) is -0.278. The number of anilines is 1. The number of fused-ring (bicyclic) bond motifs is 4. The second-order valence-electron chi connectivity index (χ2n) is 11.1. The van der Waals surface area contributed by atoms with Gasteiger partial charge in [0.2, 0.25) is 5.82 Å². The monoisotopic (exact) mass is 616 g/mol. The minimum Gasteiger partial charge on any atom is -0.481 e. The lowest BCUT2D eigenvalue weighted by atomic mass is 9.85. The van der Waals surface area contributed by atoms with Crippen LogP contribution < -0.4 is 4.90 Å². The first-order chi connectivity index (χ1) is 20.4. The Kier molecular flexibility index (Phi) is 7.35. The summed E-state index contributed by atoms with van der Waals surface area (Å²) in [5, 5.41) is 16.9. The molecule has 2 aliphatic heterocycles. The number of aromatic nitrogens is 4. The molecule has 0 amide bonds. The first-order valence-electron chi connectivity index (χ1n) is 13.8. The van der Waals surface area contributed by atoms with Crippen molar-refractivity contribution < 1.29 is 32.2 Å². The van der Waals surface area contributed by atoms with Gasteiger partial charge in [-0.3, -0.25) is 18.3 Å². The van der Waals surface area contributed by atoms with Gasteiger partial charge in [0.25, 0.3) is 0 Å². The molecule has 1 aromatic carbocycles. The van der Waals surface area contributed by atoms with Crippen LogP contribution in [0.1, 0.15) is 58.8 Å². The molecule has 6 rings (SSSR count). The Hall–Kier alpha value is -3.72. The number of rotatable bonds is 6. The highest BCUT2D eigenvalue weighted by molar-refractivity contribution is 8.22. The Morgan fingerprint density at radius 1 is 1.16 bits per heavy atom. The average Bonchev–Trinajstić information content (AvgIpc) is 3.59. The van der Waals surface area contributed by atoms with Crippen LogP contribution in [0, 0.1) is 13.8 Å². The maximum Gasteiger partial charge on any atom is 0.452 e. The van der Waals surface area contributed by atoms with Crippen molar-refractivity contribution in [2.75, 3.05) is 18.0 Å². The predicted molar refractivity (Wildman–Crippen MR) is 154 cm³/mol. The third kappa shape index (κ3) is 5.22. The molecule has 0 saturated carbocycles. The Labute approximate surface area is 247 Å². The molecular weight excluding hydrogens is 585 g/mol. The first-order valence-corrected chi connectivity index (χ1v) is 15.3. The van der Waals surface area contributed by atoms with Gasteiger partial charge in [-0.15, -0.1) is 21.0 Å². The summed E-state index contributed by atoms with van der Waals surface area (Å²) in [5.74, 6) is -2.34. The van der Waals surface area contributed by atoms with E-state index in [2.05, 4.69) is 20.1 Å². The maximum absolute atomic E-state index is 13.4. The molecule has 0 spiro atoms. The number of carboxylic acid groups (broad SMARTS) is 1. The highest BCUT2D eigenvalue weighted by Gasteiger charge is 2.41. The van der Waals surface area contributed by atoms with Crippen molar-refractivity contribution in [2.45, 2.75) is 62.7 Å². The molecule has 43 heavy (non-hydrogen) atoms. The Morgan fingerprint density at radius 2 is 1.95 bits per heavy atom. The zero-order chi connectivity index (χ0) is 30.7. The van der Waals surface area contributed by atoms with E-state index in [1.807, 2.05) is 19.1 Å². The zero-order valence-corrected chi connectivity index (χ0v) is 24.3. The van der Waals surface area contributed by atoms with Gasteiger partial charge < -0.3 is 10.0 Å². The molecule has 5 heterocycles. The number of pyridine rings is 2. The fourth-order valence-electron chi connectivity index (χ4n) is 6.27. The molecule has 2 atom stereocenters. The van der Waals surface area contributed by atoms with Crippen LogP contribution in [-0.4, -0.2) is 63.2 Å². The average molecular weight is 617 g/mol. The fourth-order valence-corrected chi connectivity index (χ4v) is 7.92. The molecule has 1 fully saturated rings. The predicted octanol–water partition coefficient (Wildman–Crippen LogP) is 5.88. The standard InChI is InChI=1S/C29H31F3N6O4S/c1-17-7-8-19(23(14-25(39)40)22-9-12-38-26(18(22)2)34-35-28(38)29(30,31)32)13-20(17)15-36-16-21-5-4-11-37(21)27-24(43(36,41)42)6-3-10-33-27/h3,6-10,12-13,21,23,41-42H,4-5,11,14-16H2,1-2H3,(H,39,40)/t21-,23?/m1/s1. The summed E-state index contributed by atoms with van der Waals surface area (Å²) in [4.78, 5) is 19.0. The van der Waals surface area contributed by atoms with Crippen LogP contribution >= 0.6 is 10.8 Å². The lowest BCUT2D eigenvalue weighted by molar-refractivity contribution is -0.145. The van der Waals surface area contributed by atoms with Gasteiger partial charge in [0.15, 0.2) is 11.5 Å². The molecule has 228 valence electrons. The van der Waals surface area contributed by atoms with E-state index < -0.39 is 34.7 Å². The lowest BCUT2D eigenvalue weighted by Crippen LogP contribution is -2.38. The highest BCUT2D eigenvalue weighted by Crippen LogP contribution is 2.58. The third-order valence-corrected chi connectivity index (χ3v) is 10.4. The van der Waals surface area contributed by atoms with Crippen molar-refractivity contribution in [2.24, 2.45) is 0 Å². The molecule has 10 nitrogen and oxygen atoms in total. The number of carboxylic acids is 1. The van der Waals surface area contributed by atoms with E-state index >= 15 is 0 Å². The number of carbonyl (C=O) groups is 1. The van der Waals surface area contributed by atoms with Crippen LogP contribution in [0.2, 0.25) is 0 Å². The Morgan fingerprint density at radius 3 is 2.70 bits per heavy atom. The minimum absolute atomic E-state index is 0.000507. The molecule has 3 N–H and O–H groups in total. The maximum atomic E-state index is 13.4. The molecule has 3 aromatic heterocycles. The number of hydrogen-bond donors (Lipinski definition) is 3. The minimum atomic E-state index is -4.70. The van der Waals surface area contributed by atoms with Crippen LogP contribution in [0.5, 0.6) is 0 Å². The smallest absolute Gasteiger partial charge is 0.452 e. The second-order valence-corrected chi connectivity index (χ2v) is 13.1. The van der Waals surface area contributed by atoms with E-state index in [4.69, 9.17) is 0 Å². The van der Waals surface area contributed by atoms with Gasteiger partial charge in [-0.25, -0.2) is 4.98 Å². The summed E-state index contributed by atoms with van der Waals surface area (Å²) < 4.78 is 66.0. The first kappa shape index (κ1) is 29.4. The zero-order valence-electron chi connectivity index (χ0n) is 23.5. The fraction of sp³-hybridized carbons (Fsp3) is 0.379. The van der Waals surface area contributed by atoms with Crippen LogP contribution in [0.15, 0.2) is 53.7 Å². The molecule has 1 unspecified atom stereocenters. The van der Waals surface area contributed by atoms with E-state index in [-0.39, 0.29) is 24.7 Å². The molecular formula is C29H31F3N6O4S. The number of halogens is 3. The van der Waals surface area contributed by atoms with E-state index in [0.717, 1.165) is 34.9 Å². The molecule has 0 aliphatic carbocycles. The van der Waals surface area contributed by atoms with Gasteiger partial charge in [-0.05, 0) is 72.7 Å². The van der Waals surface area contributed by atoms with Gasteiger partial charge in [-0.2, -0.15) is 17.5 Å². The van der Waals surface area contributed by atoms with Crippen molar-refractivity contribution in [3.8, 4) is 0 Å². The third-order valence-electron chi connectivity index (χ3n) is 8.47. The summed E-state index contributed by atoms with van der Waals surface area (Å²) in [7, 11) is -3.40. The number of hydrogen-bond acceptors (Lipinski definition) is 8. The SMILES string of the molecule is Cc1ccc(C(CC(=O)O)c2ccn3c(C(F)(F)F)nnc3c2C)cc1CN1C[C@H]2CCCN2c2ncccc2S1(O)O.